The van der Waals surface area contributed by atoms with Crippen molar-refractivity contribution < 1.29 is 9.32 Å². The Bertz CT molecular complexity index is 706. The van der Waals surface area contributed by atoms with Crippen LogP contribution in [-0.2, 0) is 11.2 Å². The lowest BCUT2D eigenvalue weighted by molar-refractivity contribution is -0.133. The quantitative estimate of drug-likeness (QED) is 0.737. The van der Waals surface area contributed by atoms with Crippen LogP contribution in [0.4, 0.5) is 0 Å². The van der Waals surface area contributed by atoms with E-state index in [1.807, 2.05) is 17.5 Å². The molecule has 6 heteroatoms. The van der Waals surface area contributed by atoms with Crippen LogP contribution in [0.2, 0.25) is 0 Å². The van der Waals surface area contributed by atoms with Gasteiger partial charge in [-0.2, -0.15) is 4.98 Å². The minimum atomic E-state index is 0.316. The van der Waals surface area contributed by atoms with Crippen LogP contribution in [-0.4, -0.2) is 33.5 Å². The fourth-order valence-electron chi connectivity index (χ4n) is 4.51. The normalized spacial score (nSPS) is 21.4. The van der Waals surface area contributed by atoms with Gasteiger partial charge in [0.05, 0.1) is 4.88 Å². The molecule has 4 rings (SSSR count). The van der Waals surface area contributed by atoms with Crippen LogP contribution in [0.3, 0.4) is 0 Å². The number of thiophene rings is 1. The summed E-state index contributed by atoms with van der Waals surface area (Å²) < 4.78 is 5.33. The van der Waals surface area contributed by atoms with E-state index >= 15 is 0 Å². The van der Waals surface area contributed by atoms with Crippen LogP contribution in [0.5, 0.6) is 0 Å². The number of carbonyl (C=O) groups excluding carboxylic acids is 1. The standard InChI is InChI=1S/C20H27N3O2S/c24-19(23-13-5-9-16(23)15-7-2-1-3-8-15)12-4-11-18-21-20(22-25-18)17-10-6-14-26-17/h6,10,14-16H,1-5,7-9,11-13H2/t16-/m0/s1. The third kappa shape index (κ3) is 4.00. The third-order valence-electron chi connectivity index (χ3n) is 5.80. The Hall–Kier alpha value is -1.69. The number of nitrogens with zero attached hydrogens (tertiary/aromatic N) is 3. The molecule has 2 aliphatic rings. The molecule has 1 aliphatic heterocycles. The average molecular weight is 374 g/mol. The summed E-state index contributed by atoms with van der Waals surface area (Å²) in [6.07, 6.45) is 11.1. The SMILES string of the molecule is O=C(CCCc1nc(-c2cccs2)no1)N1CCC[C@H]1C1CCCCC1. The Balaban J connectivity index is 1.27. The van der Waals surface area contributed by atoms with E-state index in [9.17, 15) is 4.79 Å². The van der Waals surface area contributed by atoms with Gasteiger partial charge in [-0.1, -0.05) is 30.5 Å². The van der Waals surface area contributed by atoms with Crippen molar-refractivity contribution in [2.45, 2.75) is 70.3 Å². The van der Waals surface area contributed by atoms with Crippen LogP contribution in [0.1, 0.15) is 63.7 Å². The molecule has 3 heterocycles. The Labute approximate surface area is 158 Å². The Morgan fingerprint density at radius 2 is 2.12 bits per heavy atom. The number of likely N-dealkylation sites (tertiary alicyclic amines) is 1. The summed E-state index contributed by atoms with van der Waals surface area (Å²) in [7, 11) is 0. The van der Waals surface area contributed by atoms with Crippen molar-refractivity contribution in [3.8, 4) is 10.7 Å². The smallest absolute Gasteiger partial charge is 0.226 e. The molecule has 2 aromatic heterocycles. The largest absolute Gasteiger partial charge is 0.339 e. The summed E-state index contributed by atoms with van der Waals surface area (Å²) in [5.74, 6) is 2.33. The molecular formula is C20H27N3O2S. The van der Waals surface area contributed by atoms with Crippen molar-refractivity contribution in [2.24, 2.45) is 5.92 Å². The van der Waals surface area contributed by atoms with Gasteiger partial charge in [0.25, 0.3) is 0 Å². The van der Waals surface area contributed by atoms with Gasteiger partial charge in [-0.3, -0.25) is 4.79 Å². The van der Waals surface area contributed by atoms with Crippen LogP contribution < -0.4 is 0 Å². The first kappa shape index (κ1) is 17.7. The molecule has 1 atom stereocenters. The Morgan fingerprint density at radius 3 is 2.92 bits per heavy atom. The van der Waals surface area contributed by atoms with Crippen LogP contribution in [0.15, 0.2) is 22.0 Å². The zero-order valence-electron chi connectivity index (χ0n) is 15.2. The second kappa shape index (κ2) is 8.33. The Kier molecular flexibility index (Phi) is 5.68. The molecule has 0 N–H and O–H groups in total. The summed E-state index contributed by atoms with van der Waals surface area (Å²) in [4.78, 5) is 20.4. The van der Waals surface area contributed by atoms with Crippen molar-refractivity contribution in [1.82, 2.24) is 15.0 Å². The molecule has 0 unspecified atom stereocenters. The van der Waals surface area contributed by atoms with Crippen molar-refractivity contribution >= 4 is 17.2 Å². The summed E-state index contributed by atoms with van der Waals surface area (Å²) in [5, 5.41) is 6.04. The van der Waals surface area contributed by atoms with Gasteiger partial charge in [-0.25, -0.2) is 0 Å². The van der Waals surface area contributed by atoms with Crippen molar-refractivity contribution in [3.63, 3.8) is 0 Å². The van der Waals surface area contributed by atoms with Gasteiger partial charge >= 0.3 is 0 Å². The molecule has 140 valence electrons. The van der Waals surface area contributed by atoms with Gasteiger partial charge in [0.2, 0.25) is 17.6 Å². The molecule has 2 fully saturated rings. The molecule has 0 bridgehead atoms. The summed E-state index contributed by atoms with van der Waals surface area (Å²) in [6.45, 7) is 0.948. The van der Waals surface area contributed by atoms with Crippen molar-refractivity contribution in [1.29, 1.82) is 0 Å². The first-order chi connectivity index (χ1) is 12.8. The molecular weight excluding hydrogens is 346 g/mol. The number of rotatable bonds is 6. The first-order valence-corrected chi connectivity index (χ1v) is 10.8. The molecule has 5 nitrogen and oxygen atoms in total. The lowest BCUT2D eigenvalue weighted by Gasteiger charge is -2.34. The molecule has 0 aromatic carbocycles. The van der Waals surface area contributed by atoms with E-state index in [-0.39, 0.29) is 0 Å². The maximum absolute atomic E-state index is 12.7. The van der Waals surface area contributed by atoms with E-state index in [0.29, 0.717) is 36.5 Å². The maximum atomic E-state index is 12.7. The third-order valence-corrected chi connectivity index (χ3v) is 6.67. The molecule has 2 aromatic rings. The first-order valence-electron chi connectivity index (χ1n) is 9.97. The predicted octanol–water partition coefficient (Wildman–Crippen LogP) is 4.69. The molecule has 0 spiro atoms. The van der Waals surface area contributed by atoms with Crippen molar-refractivity contribution in [3.05, 3.63) is 23.4 Å². The molecule has 1 saturated heterocycles. The van der Waals surface area contributed by atoms with Gasteiger partial charge in [0.15, 0.2) is 0 Å². The van der Waals surface area contributed by atoms with E-state index in [2.05, 4.69) is 15.0 Å². The second-order valence-electron chi connectivity index (χ2n) is 7.54. The molecule has 26 heavy (non-hydrogen) atoms. The van der Waals surface area contributed by atoms with Gasteiger partial charge in [-0.15, -0.1) is 11.3 Å². The van der Waals surface area contributed by atoms with Gasteiger partial charge in [0.1, 0.15) is 0 Å². The number of hydrogen-bond donors (Lipinski definition) is 0. The van der Waals surface area contributed by atoms with Crippen molar-refractivity contribution in [2.75, 3.05) is 6.54 Å². The fraction of sp³-hybridized carbons (Fsp3) is 0.650. The number of amides is 1. The second-order valence-corrected chi connectivity index (χ2v) is 8.49. The monoisotopic (exact) mass is 373 g/mol. The van der Waals surface area contributed by atoms with E-state index in [1.54, 1.807) is 11.3 Å². The highest BCUT2D eigenvalue weighted by molar-refractivity contribution is 7.13. The lowest BCUT2D eigenvalue weighted by atomic mass is 9.83. The highest BCUT2D eigenvalue weighted by Gasteiger charge is 2.34. The lowest BCUT2D eigenvalue weighted by Crippen LogP contribution is -2.40. The van der Waals surface area contributed by atoms with E-state index in [1.165, 1.54) is 44.9 Å². The van der Waals surface area contributed by atoms with Crippen LogP contribution in [0, 0.1) is 5.92 Å². The Morgan fingerprint density at radius 1 is 1.23 bits per heavy atom. The van der Waals surface area contributed by atoms with Crippen LogP contribution >= 0.6 is 11.3 Å². The number of hydrogen-bond acceptors (Lipinski definition) is 5. The predicted molar refractivity (Wildman–Crippen MR) is 102 cm³/mol. The summed E-state index contributed by atoms with van der Waals surface area (Å²) in [5.41, 5.74) is 0. The van der Waals surface area contributed by atoms with Gasteiger partial charge < -0.3 is 9.42 Å². The maximum Gasteiger partial charge on any atom is 0.226 e. The minimum Gasteiger partial charge on any atom is -0.339 e. The topological polar surface area (TPSA) is 59.2 Å². The van der Waals surface area contributed by atoms with E-state index in [4.69, 9.17) is 4.52 Å². The zero-order chi connectivity index (χ0) is 17.8. The van der Waals surface area contributed by atoms with E-state index in [0.717, 1.165) is 23.8 Å². The molecule has 1 aliphatic carbocycles. The molecule has 1 amide bonds. The average Bonchev–Trinajstić information content (AvgIpc) is 3.42. The highest BCUT2D eigenvalue weighted by Crippen LogP contribution is 2.34. The molecule has 1 saturated carbocycles. The highest BCUT2D eigenvalue weighted by atomic mass is 32.1. The fourth-order valence-corrected chi connectivity index (χ4v) is 5.16. The van der Waals surface area contributed by atoms with Crippen LogP contribution in [0.25, 0.3) is 10.7 Å². The van der Waals surface area contributed by atoms with E-state index < -0.39 is 0 Å². The number of carbonyl (C=O) groups is 1. The van der Waals surface area contributed by atoms with Gasteiger partial charge in [-0.05, 0) is 49.5 Å². The summed E-state index contributed by atoms with van der Waals surface area (Å²) in [6, 6.07) is 4.46. The number of aryl methyl sites for hydroxylation is 1. The molecule has 0 radical (unpaired) electrons. The minimum absolute atomic E-state index is 0.316. The van der Waals surface area contributed by atoms with Gasteiger partial charge in [0, 0.05) is 25.4 Å². The zero-order valence-corrected chi connectivity index (χ0v) is 16.0. The summed E-state index contributed by atoms with van der Waals surface area (Å²) >= 11 is 1.60. The number of aromatic nitrogens is 2.